The molecule has 2 aliphatic heterocycles. The quantitative estimate of drug-likeness (QED) is 0.818. The van der Waals surface area contributed by atoms with E-state index in [9.17, 15) is 13.2 Å². The second-order valence-corrected chi connectivity index (χ2v) is 8.26. The second kappa shape index (κ2) is 7.59. The number of carbonyl (C=O) groups excluding carboxylic acids is 1. The number of nitrogens with one attached hydrogen (secondary N) is 2. The molecule has 4 rings (SSSR count). The lowest BCUT2D eigenvalue weighted by molar-refractivity contribution is 0.171. The van der Waals surface area contributed by atoms with Crippen LogP contribution in [0.4, 0.5) is 16.2 Å². The van der Waals surface area contributed by atoms with Crippen LogP contribution in [-0.4, -0.2) is 45.7 Å². The summed E-state index contributed by atoms with van der Waals surface area (Å²) in [5, 5.41) is 2.79. The SMILES string of the molecule is O=C(Nc1ccccc1NS(=O)(=O)c1ccc2c(c1)OCCO2)N1CCCC1. The fourth-order valence-electron chi connectivity index (χ4n) is 3.19. The summed E-state index contributed by atoms with van der Waals surface area (Å²) < 4.78 is 39.1. The van der Waals surface area contributed by atoms with E-state index in [0.717, 1.165) is 12.8 Å². The largest absolute Gasteiger partial charge is 0.486 e. The van der Waals surface area contributed by atoms with Crippen molar-refractivity contribution in [3.05, 3.63) is 42.5 Å². The Balaban J connectivity index is 1.55. The monoisotopic (exact) mass is 403 g/mol. The number of nitrogens with zero attached hydrogens (tertiary/aromatic N) is 1. The fraction of sp³-hybridized carbons (Fsp3) is 0.316. The Morgan fingerprint density at radius 2 is 1.61 bits per heavy atom. The molecule has 0 spiro atoms. The number of hydrogen-bond acceptors (Lipinski definition) is 5. The second-order valence-electron chi connectivity index (χ2n) is 6.58. The summed E-state index contributed by atoms with van der Waals surface area (Å²) in [4.78, 5) is 14.1. The standard InChI is InChI=1S/C19H21N3O5S/c23-19(22-9-3-4-10-22)20-15-5-1-2-6-16(15)21-28(24,25)14-7-8-17-18(13-14)27-12-11-26-17/h1-2,5-8,13,21H,3-4,9-12H2,(H,20,23). The summed E-state index contributed by atoms with van der Waals surface area (Å²) in [6, 6.07) is 10.9. The fourth-order valence-corrected chi connectivity index (χ4v) is 4.28. The lowest BCUT2D eigenvalue weighted by Crippen LogP contribution is -2.32. The van der Waals surface area contributed by atoms with Crippen molar-refractivity contribution in [3.8, 4) is 11.5 Å². The zero-order chi connectivity index (χ0) is 19.6. The van der Waals surface area contributed by atoms with Gasteiger partial charge in [0.25, 0.3) is 10.0 Å². The van der Waals surface area contributed by atoms with E-state index < -0.39 is 10.0 Å². The van der Waals surface area contributed by atoms with Gasteiger partial charge in [0.15, 0.2) is 11.5 Å². The van der Waals surface area contributed by atoms with Crippen molar-refractivity contribution in [2.45, 2.75) is 17.7 Å². The molecule has 0 radical (unpaired) electrons. The van der Waals surface area contributed by atoms with Gasteiger partial charge >= 0.3 is 6.03 Å². The van der Waals surface area contributed by atoms with E-state index in [0.29, 0.717) is 49.2 Å². The van der Waals surface area contributed by atoms with Gasteiger partial charge in [0.05, 0.1) is 16.3 Å². The Morgan fingerprint density at radius 3 is 2.36 bits per heavy atom. The van der Waals surface area contributed by atoms with E-state index in [-0.39, 0.29) is 10.9 Å². The highest BCUT2D eigenvalue weighted by Gasteiger charge is 2.22. The van der Waals surface area contributed by atoms with Gasteiger partial charge in [-0.1, -0.05) is 12.1 Å². The van der Waals surface area contributed by atoms with Gasteiger partial charge in [0.2, 0.25) is 0 Å². The Kier molecular flexibility index (Phi) is 4.99. The molecule has 2 amide bonds. The first-order chi connectivity index (χ1) is 13.5. The molecule has 9 heteroatoms. The van der Waals surface area contributed by atoms with Gasteiger partial charge in [0.1, 0.15) is 13.2 Å². The van der Waals surface area contributed by atoms with Crippen LogP contribution >= 0.6 is 0 Å². The van der Waals surface area contributed by atoms with Gasteiger partial charge in [0, 0.05) is 19.2 Å². The number of likely N-dealkylation sites (tertiary alicyclic amines) is 1. The minimum absolute atomic E-state index is 0.0532. The van der Waals surface area contributed by atoms with Crippen LogP contribution in [0.3, 0.4) is 0 Å². The highest BCUT2D eigenvalue weighted by atomic mass is 32.2. The Hall–Kier alpha value is -2.94. The Bertz CT molecular complexity index is 987. The third-order valence-corrected chi connectivity index (χ3v) is 5.99. The molecule has 2 aromatic carbocycles. The lowest BCUT2D eigenvalue weighted by atomic mass is 10.3. The van der Waals surface area contributed by atoms with Crippen LogP contribution in [0.2, 0.25) is 0 Å². The molecule has 2 aliphatic rings. The summed E-state index contributed by atoms with van der Waals surface area (Å²) in [5.74, 6) is 0.910. The number of rotatable bonds is 4. The highest BCUT2D eigenvalue weighted by Crippen LogP contribution is 2.33. The molecule has 8 nitrogen and oxygen atoms in total. The number of fused-ring (bicyclic) bond motifs is 1. The van der Waals surface area contributed by atoms with Crippen molar-refractivity contribution in [3.63, 3.8) is 0 Å². The molecule has 0 aliphatic carbocycles. The third kappa shape index (κ3) is 3.84. The van der Waals surface area contributed by atoms with Crippen LogP contribution in [0, 0.1) is 0 Å². The molecule has 2 heterocycles. The summed E-state index contributed by atoms with van der Waals surface area (Å²) in [5.41, 5.74) is 0.699. The van der Waals surface area contributed by atoms with Crippen molar-refractivity contribution >= 4 is 27.4 Å². The predicted octanol–water partition coefficient (Wildman–Crippen LogP) is 2.89. The predicted molar refractivity (Wildman–Crippen MR) is 105 cm³/mol. The van der Waals surface area contributed by atoms with Gasteiger partial charge in [-0.2, -0.15) is 0 Å². The van der Waals surface area contributed by atoms with Crippen molar-refractivity contribution < 1.29 is 22.7 Å². The van der Waals surface area contributed by atoms with Crippen LogP contribution < -0.4 is 19.5 Å². The average Bonchev–Trinajstić information content (AvgIpc) is 3.24. The van der Waals surface area contributed by atoms with E-state index >= 15 is 0 Å². The molecular formula is C19H21N3O5S. The zero-order valence-electron chi connectivity index (χ0n) is 15.2. The number of anilines is 2. The molecule has 0 saturated carbocycles. The topological polar surface area (TPSA) is 97.0 Å². The van der Waals surface area contributed by atoms with Crippen molar-refractivity contribution in [2.75, 3.05) is 36.3 Å². The van der Waals surface area contributed by atoms with Crippen LogP contribution in [-0.2, 0) is 10.0 Å². The van der Waals surface area contributed by atoms with Gasteiger partial charge in [-0.3, -0.25) is 4.72 Å². The molecule has 0 atom stereocenters. The minimum atomic E-state index is -3.87. The number of sulfonamides is 1. The number of carbonyl (C=O) groups is 1. The van der Waals surface area contributed by atoms with Gasteiger partial charge in [-0.15, -0.1) is 0 Å². The van der Waals surface area contributed by atoms with E-state index in [1.165, 1.54) is 12.1 Å². The van der Waals surface area contributed by atoms with Gasteiger partial charge in [-0.05, 0) is 37.1 Å². The lowest BCUT2D eigenvalue weighted by Gasteiger charge is -2.20. The molecule has 0 aromatic heterocycles. The van der Waals surface area contributed by atoms with Gasteiger partial charge < -0.3 is 19.7 Å². The zero-order valence-corrected chi connectivity index (χ0v) is 16.0. The van der Waals surface area contributed by atoms with Crippen LogP contribution in [0.5, 0.6) is 11.5 Å². The summed E-state index contributed by atoms with van der Waals surface area (Å²) in [6.07, 6.45) is 1.96. The van der Waals surface area contributed by atoms with Crippen molar-refractivity contribution in [2.24, 2.45) is 0 Å². The molecule has 0 unspecified atom stereocenters. The normalized spacial score (nSPS) is 15.9. The Morgan fingerprint density at radius 1 is 0.929 bits per heavy atom. The van der Waals surface area contributed by atoms with E-state index in [2.05, 4.69) is 10.0 Å². The number of para-hydroxylation sites is 2. The Labute approximate surface area is 163 Å². The summed E-state index contributed by atoms with van der Waals surface area (Å²) in [7, 11) is -3.87. The molecule has 2 N–H and O–H groups in total. The molecule has 148 valence electrons. The summed E-state index contributed by atoms with van der Waals surface area (Å²) >= 11 is 0. The first kappa shape index (κ1) is 18.4. The highest BCUT2D eigenvalue weighted by molar-refractivity contribution is 7.92. The van der Waals surface area contributed by atoms with E-state index in [1.54, 1.807) is 35.2 Å². The van der Waals surface area contributed by atoms with Crippen LogP contribution in [0.15, 0.2) is 47.4 Å². The molecule has 1 saturated heterocycles. The first-order valence-corrected chi connectivity index (χ1v) is 10.6. The van der Waals surface area contributed by atoms with E-state index in [4.69, 9.17) is 9.47 Å². The van der Waals surface area contributed by atoms with Crippen molar-refractivity contribution in [1.82, 2.24) is 4.90 Å². The van der Waals surface area contributed by atoms with Crippen LogP contribution in [0.1, 0.15) is 12.8 Å². The maximum absolute atomic E-state index is 12.9. The maximum atomic E-state index is 12.9. The number of urea groups is 1. The third-order valence-electron chi connectivity index (χ3n) is 4.63. The van der Waals surface area contributed by atoms with Crippen molar-refractivity contribution in [1.29, 1.82) is 0 Å². The minimum Gasteiger partial charge on any atom is -0.486 e. The summed E-state index contributed by atoms with van der Waals surface area (Å²) in [6.45, 7) is 2.21. The molecule has 0 bridgehead atoms. The first-order valence-electron chi connectivity index (χ1n) is 9.10. The average molecular weight is 403 g/mol. The number of amides is 2. The molecule has 28 heavy (non-hydrogen) atoms. The van der Waals surface area contributed by atoms with Gasteiger partial charge in [-0.25, -0.2) is 13.2 Å². The number of ether oxygens (including phenoxy) is 2. The smallest absolute Gasteiger partial charge is 0.321 e. The van der Waals surface area contributed by atoms with Crippen LogP contribution in [0.25, 0.3) is 0 Å². The maximum Gasteiger partial charge on any atom is 0.321 e. The number of benzene rings is 2. The molecule has 1 fully saturated rings. The van der Waals surface area contributed by atoms with E-state index in [1.807, 2.05) is 0 Å². The number of hydrogen-bond donors (Lipinski definition) is 2. The molecule has 2 aromatic rings. The molecular weight excluding hydrogens is 382 g/mol.